The summed E-state index contributed by atoms with van der Waals surface area (Å²) in [5, 5.41) is 3.78. The summed E-state index contributed by atoms with van der Waals surface area (Å²) in [6.07, 6.45) is 6.52. The van der Waals surface area contributed by atoms with Gasteiger partial charge in [-0.05, 0) is 50.3 Å². The first kappa shape index (κ1) is 13.3. The van der Waals surface area contributed by atoms with Gasteiger partial charge in [-0.3, -0.25) is 0 Å². The van der Waals surface area contributed by atoms with Crippen molar-refractivity contribution in [3.63, 3.8) is 0 Å². The van der Waals surface area contributed by atoms with E-state index in [1.807, 2.05) is 0 Å². The van der Waals surface area contributed by atoms with Crippen molar-refractivity contribution in [1.82, 2.24) is 14.9 Å². The van der Waals surface area contributed by atoms with Crippen LogP contribution in [0.15, 0.2) is 18.2 Å². The van der Waals surface area contributed by atoms with Crippen LogP contribution in [0, 0.1) is 11.7 Å². The molecule has 3 nitrogen and oxygen atoms in total. The van der Waals surface area contributed by atoms with Crippen LogP contribution in [0.5, 0.6) is 0 Å². The molecule has 4 rings (SSSR count). The van der Waals surface area contributed by atoms with E-state index in [0.717, 1.165) is 29.3 Å². The predicted molar refractivity (Wildman–Crippen MR) is 81.6 cm³/mol. The zero-order chi connectivity index (χ0) is 14.4. The number of rotatable bonds is 2. The highest BCUT2D eigenvalue weighted by Crippen LogP contribution is 2.39. The summed E-state index contributed by atoms with van der Waals surface area (Å²) in [7, 11) is 0. The van der Waals surface area contributed by atoms with Crippen LogP contribution < -0.4 is 5.32 Å². The van der Waals surface area contributed by atoms with Gasteiger partial charge in [0.1, 0.15) is 11.6 Å². The fourth-order valence-corrected chi connectivity index (χ4v) is 4.23. The second-order valence-corrected chi connectivity index (χ2v) is 6.45. The van der Waals surface area contributed by atoms with E-state index >= 15 is 0 Å². The first-order valence-electron chi connectivity index (χ1n) is 8.18. The molecule has 2 fully saturated rings. The van der Waals surface area contributed by atoms with Crippen molar-refractivity contribution in [2.24, 2.45) is 5.92 Å². The summed E-state index contributed by atoms with van der Waals surface area (Å²) in [6.45, 7) is 2.94. The molecule has 1 saturated heterocycles. The predicted octanol–water partition coefficient (Wildman–Crippen LogP) is 3.79. The van der Waals surface area contributed by atoms with Crippen LogP contribution in [0.4, 0.5) is 4.39 Å². The van der Waals surface area contributed by atoms with Gasteiger partial charge in [-0.1, -0.05) is 12.8 Å². The molecular formula is C17H22FN3. The maximum absolute atomic E-state index is 13.5. The van der Waals surface area contributed by atoms with E-state index in [-0.39, 0.29) is 5.82 Å². The van der Waals surface area contributed by atoms with Crippen LogP contribution in [-0.2, 0) is 6.54 Å². The van der Waals surface area contributed by atoms with Gasteiger partial charge < -0.3 is 9.88 Å². The average Bonchev–Trinajstić information content (AvgIpc) is 3.07. The van der Waals surface area contributed by atoms with E-state index in [0.29, 0.717) is 12.1 Å². The fourth-order valence-electron chi connectivity index (χ4n) is 4.23. The molecule has 3 unspecified atom stereocenters. The third kappa shape index (κ3) is 2.16. The number of halogens is 1. The zero-order valence-corrected chi connectivity index (χ0v) is 12.5. The Morgan fingerprint density at radius 3 is 3.00 bits per heavy atom. The van der Waals surface area contributed by atoms with Crippen LogP contribution in [0.2, 0.25) is 0 Å². The Balaban J connectivity index is 1.73. The average molecular weight is 287 g/mol. The van der Waals surface area contributed by atoms with E-state index in [4.69, 9.17) is 4.98 Å². The van der Waals surface area contributed by atoms with Gasteiger partial charge in [-0.25, -0.2) is 9.37 Å². The maximum atomic E-state index is 13.5. The third-order valence-electron chi connectivity index (χ3n) is 5.23. The number of aromatic nitrogens is 2. The van der Waals surface area contributed by atoms with E-state index in [2.05, 4.69) is 16.8 Å². The number of aryl methyl sites for hydroxylation is 1. The second-order valence-electron chi connectivity index (χ2n) is 6.45. The quantitative estimate of drug-likeness (QED) is 0.910. The first-order chi connectivity index (χ1) is 10.3. The minimum atomic E-state index is -0.184. The number of hydrogen-bond donors (Lipinski definition) is 1. The molecule has 0 radical (unpaired) electrons. The van der Waals surface area contributed by atoms with Gasteiger partial charge in [0.05, 0.1) is 17.1 Å². The van der Waals surface area contributed by atoms with Gasteiger partial charge in [0.25, 0.3) is 0 Å². The molecule has 1 N–H and O–H groups in total. The minimum Gasteiger partial charge on any atom is -0.327 e. The molecule has 21 heavy (non-hydrogen) atoms. The van der Waals surface area contributed by atoms with Crippen LogP contribution in [-0.4, -0.2) is 15.6 Å². The number of benzene rings is 1. The normalized spacial score (nSPS) is 29.0. The molecule has 0 spiro atoms. The Hall–Kier alpha value is -1.42. The summed E-state index contributed by atoms with van der Waals surface area (Å²) in [5.41, 5.74) is 1.83. The summed E-state index contributed by atoms with van der Waals surface area (Å²) >= 11 is 0. The lowest BCUT2D eigenvalue weighted by molar-refractivity contribution is 0.325. The van der Waals surface area contributed by atoms with Gasteiger partial charge in [0, 0.05) is 12.6 Å². The monoisotopic (exact) mass is 287 g/mol. The van der Waals surface area contributed by atoms with Crippen molar-refractivity contribution in [3.8, 4) is 0 Å². The Labute approximate surface area is 124 Å². The molecule has 1 aliphatic heterocycles. The van der Waals surface area contributed by atoms with Crippen LogP contribution in [0.25, 0.3) is 11.0 Å². The van der Waals surface area contributed by atoms with E-state index in [9.17, 15) is 4.39 Å². The molecule has 2 heterocycles. The lowest BCUT2D eigenvalue weighted by Gasteiger charge is -2.24. The molecule has 1 aromatic heterocycles. The van der Waals surface area contributed by atoms with Crippen LogP contribution >= 0.6 is 0 Å². The first-order valence-corrected chi connectivity index (χ1v) is 8.18. The number of nitrogens with zero attached hydrogens (tertiary/aromatic N) is 2. The Morgan fingerprint density at radius 2 is 2.19 bits per heavy atom. The summed E-state index contributed by atoms with van der Waals surface area (Å²) < 4.78 is 15.7. The van der Waals surface area contributed by atoms with Crippen molar-refractivity contribution in [1.29, 1.82) is 0 Å². The van der Waals surface area contributed by atoms with E-state index < -0.39 is 0 Å². The molecular weight excluding hydrogens is 265 g/mol. The highest BCUT2D eigenvalue weighted by molar-refractivity contribution is 5.76. The molecule has 2 aromatic rings. The minimum absolute atomic E-state index is 0.184. The largest absolute Gasteiger partial charge is 0.327 e. The van der Waals surface area contributed by atoms with Gasteiger partial charge in [-0.15, -0.1) is 0 Å². The Morgan fingerprint density at radius 1 is 1.33 bits per heavy atom. The summed E-state index contributed by atoms with van der Waals surface area (Å²) in [6, 6.07) is 5.89. The maximum Gasteiger partial charge on any atom is 0.127 e. The molecule has 1 aliphatic carbocycles. The molecule has 112 valence electrons. The number of nitrogens with one attached hydrogen (secondary N) is 1. The van der Waals surface area contributed by atoms with Crippen molar-refractivity contribution < 1.29 is 4.39 Å². The lowest BCUT2D eigenvalue weighted by atomic mass is 9.85. The summed E-state index contributed by atoms with van der Waals surface area (Å²) in [5.74, 6) is 1.70. The van der Waals surface area contributed by atoms with Crippen LogP contribution in [0.3, 0.4) is 0 Å². The molecule has 0 bridgehead atoms. The van der Waals surface area contributed by atoms with Crippen molar-refractivity contribution in [2.45, 2.75) is 57.7 Å². The number of fused-ring (bicyclic) bond motifs is 2. The van der Waals surface area contributed by atoms with Gasteiger partial charge in [0.2, 0.25) is 0 Å². The highest BCUT2D eigenvalue weighted by atomic mass is 19.1. The summed E-state index contributed by atoms with van der Waals surface area (Å²) in [4.78, 5) is 4.80. The molecule has 4 heteroatoms. The molecule has 1 saturated carbocycles. The van der Waals surface area contributed by atoms with E-state index in [1.54, 1.807) is 12.1 Å². The van der Waals surface area contributed by atoms with Crippen molar-refractivity contribution >= 4 is 11.0 Å². The third-order valence-corrected chi connectivity index (χ3v) is 5.23. The van der Waals surface area contributed by atoms with Crippen molar-refractivity contribution in [2.75, 3.05) is 0 Å². The van der Waals surface area contributed by atoms with Gasteiger partial charge in [-0.2, -0.15) is 0 Å². The second kappa shape index (κ2) is 5.09. The highest BCUT2D eigenvalue weighted by Gasteiger charge is 2.37. The number of hydrogen-bond acceptors (Lipinski definition) is 2. The Bertz CT molecular complexity index is 649. The van der Waals surface area contributed by atoms with Crippen molar-refractivity contribution in [3.05, 3.63) is 29.8 Å². The van der Waals surface area contributed by atoms with Gasteiger partial charge in [0.15, 0.2) is 0 Å². The standard InChI is InChI=1S/C17H22FN3/c1-2-21-16-10-12(18)7-8-14(16)20-17(21)15-9-11-5-3-4-6-13(11)19-15/h7-8,10-11,13,15,19H,2-6,9H2,1H3. The molecule has 1 aromatic carbocycles. The van der Waals surface area contributed by atoms with E-state index in [1.165, 1.54) is 38.2 Å². The van der Waals surface area contributed by atoms with Gasteiger partial charge >= 0.3 is 0 Å². The lowest BCUT2D eigenvalue weighted by Crippen LogP contribution is -2.31. The fraction of sp³-hybridized carbons (Fsp3) is 0.588. The smallest absolute Gasteiger partial charge is 0.127 e. The topological polar surface area (TPSA) is 29.9 Å². The molecule has 0 amide bonds. The SMILES string of the molecule is CCn1c(C2CC3CCCCC3N2)nc2ccc(F)cc21. The van der Waals surface area contributed by atoms with Crippen LogP contribution in [0.1, 0.15) is 50.9 Å². The number of imidazole rings is 1. The molecule has 2 aliphatic rings. The Kier molecular flexibility index (Phi) is 3.21. The zero-order valence-electron chi connectivity index (χ0n) is 12.5. The molecule has 3 atom stereocenters.